The van der Waals surface area contributed by atoms with Crippen LogP contribution in [0.5, 0.6) is 0 Å². The van der Waals surface area contributed by atoms with Gasteiger partial charge in [0.2, 0.25) is 0 Å². The molecule has 2 nitrogen and oxygen atoms in total. The van der Waals surface area contributed by atoms with Gasteiger partial charge in [0.1, 0.15) is 0 Å². The number of aromatic nitrogens is 2. The van der Waals surface area contributed by atoms with E-state index in [2.05, 4.69) is 244 Å². The molecule has 2 aromatic heterocycles. The fraction of sp³-hybridized carbons (Fsp3) is 0.288. The predicted octanol–water partition coefficient (Wildman–Crippen LogP) is 17.3. The number of hydrogen-bond acceptors (Lipinski definition) is 0. The molecule has 5 heterocycles. The molecule has 0 radical (unpaired) electrons. The number of hydrogen-bond donors (Lipinski definition) is 0. The van der Waals surface area contributed by atoms with Gasteiger partial charge >= 0.3 is 0 Å². The van der Waals surface area contributed by atoms with Gasteiger partial charge in [0.15, 0.2) is 0 Å². The second-order valence-electron chi connectivity index (χ2n) is 26.1. The molecule has 374 valence electrons. The van der Waals surface area contributed by atoms with E-state index in [1.807, 2.05) is 0 Å². The first-order valence-corrected chi connectivity index (χ1v) is 28.7. The van der Waals surface area contributed by atoms with Gasteiger partial charge in [-0.25, -0.2) is 0 Å². The maximum Gasteiger partial charge on any atom is 0.252 e. The molecule has 0 unspecified atom stereocenters. The van der Waals surface area contributed by atoms with Crippen LogP contribution in [0.1, 0.15) is 153 Å². The highest BCUT2D eigenvalue weighted by Gasteiger charge is 2.55. The van der Waals surface area contributed by atoms with Crippen LogP contribution in [0.3, 0.4) is 0 Å². The van der Waals surface area contributed by atoms with Crippen LogP contribution in [0.2, 0.25) is 0 Å². The molecule has 4 aliphatic rings. The van der Waals surface area contributed by atoms with Gasteiger partial charge in [-0.1, -0.05) is 198 Å². The van der Waals surface area contributed by atoms with Crippen LogP contribution >= 0.6 is 0 Å². The SMILES string of the molecule is CCC(C)(C)c1ccc2c(c1)c1cc(C(C)(C)CC)cc3c1n2-c1c(-c2cccc4ccccc24)cc2c4c1B3c1cc(C(C)(C)CC)cc3c5cc(C(C)(C)CC)cc(c5n-4c13)C21c2ccccc2-c2ccccc21. The summed E-state index contributed by atoms with van der Waals surface area (Å²) in [4.78, 5) is 0. The lowest BCUT2D eigenvalue weighted by molar-refractivity contribution is 0.505. The molecule has 0 saturated carbocycles. The van der Waals surface area contributed by atoms with Crippen LogP contribution < -0.4 is 16.4 Å². The molecule has 0 N–H and O–H groups in total. The highest BCUT2D eigenvalue weighted by Crippen LogP contribution is 2.63. The Morgan fingerprint density at radius 2 is 0.855 bits per heavy atom. The monoisotopic (exact) mass is 985 g/mol. The Balaban J connectivity index is 1.26. The van der Waals surface area contributed by atoms with Gasteiger partial charge in [-0.2, -0.15) is 0 Å². The molecule has 0 fully saturated rings. The third-order valence-corrected chi connectivity index (χ3v) is 21.0. The lowest BCUT2D eigenvalue weighted by Crippen LogP contribution is -2.61. The lowest BCUT2D eigenvalue weighted by Gasteiger charge is -2.45. The van der Waals surface area contributed by atoms with Crippen LogP contribution in [0.25, 0.3) is 88.0 Å². The molecule has 0 amide bonds. The normalized spacial score (nSPS) is 14.9. The fourth-order valence-electron chi connectivity index (χ4n) is 14.9. The van der Waals surface area contributed by atoms with E-state index in [-0.39, 0.29) is 28.4 Å². The van der Waals surface area contributed by atoms with Crippen LogP contribution in [0, 0.1) is 0 Å². The average Bonchev–Trinajstić information content (AvgIpc) is 4.11. The molecule has 3 aliphatic heterocycles. The van der Waals surface area contributed by atoms with E-state index in [0.717, 1.165) is 25.7 Å². The average molecular weight is 985 g/mol. The standard InChI is InChI=1S/C73H69BN2/c1-13-69(5,6)43-32-33-62-51(34-43)52-36-45(71(9,10)15-3)39-60-65(52)75(62)67-55(48-29-23-25-42-24-17-18-26-47(42)48)41-59-68-63(67)74(60)61-40-46(72(11,12)16-4)37-54-53-35-44(70(7,8)14-2)38-58(64(53)76(68)66(54)61)73(59)56-30-21-19-27-49(56)50-28-20-22-31-57(50)73/h17-41H,13-16H2,1-12H3. The zero-order valence-corrected chi connectivity index (χ0v) is 46.7. The van der Waals surface area contributed by atoms with Crippen LogP contribution in [-0.2, 0) is 27.1 Å². The third kappa shape index (κ3) is 5.55. The lowest BCUT2D eigenvalue weighted by atomic mass is 9.33. The number of fused-ring (bicyclic) bond motifs is 15. The second-order valence-corrected chi connectivity index (χ2v) is 26.1. The van der Waals surface area contributed by atoms with Gasteiger partial charge < -0.3 is 9.13 Å². The van der Waals surface area contributed by atoms with Crippen molar-refractivity contribution in [2.24, 2.45) is 0 Å². The van der Waals surface area contributed by atoms with E-state index in [9.17, 15) is 0 Å². The number of nitrogens with zero attached hydrogens (tertiary/aromatic N) is 2. The molecular formula is C73H69BN2. The molecular weight excluding hydrogens is 916 g/mol. The molecule has 1 aliphatic carbocycles. The molecule has 1 spiro atoms. The summed E-state index contributed by atoms with van der Waals surface area (Å²) in [5, 5.41) is 8.07. The predicted molar refractivity (Wildman–Crippen MR) is 327 cm³/mol. The largest absolute Gasteiger partial charge is 0.310 e. The van der Waals surface area contributed by atoms with E-state index in [0.29, 0.717) is 0 Å². The zero-order valence-electron chi connectivity index (χ0n) is 46.7. The Morgan fingerprint density at radius 3 is 1.47 bits per heavy atom. The van der Waals surface area contributed by atoms with Crippen LogP contribution in [0.15, 0.2) is 152 Å². The van der Waals surface area contributed by atoms with Crippen molar-refractivity contribution in [2.75, 3.05) is 0 Å². The van der Waals surface area contributed by atoms with Gasteiger partial charge in [0, 0.05) is 43.8 Å². The first-order valence-electron chi connectivity index (χ1n) is 28.7. The minimum Gasteiger partial charge on any atom is -0.310 e. The van der Waals surface area contributed by atoms with E-state index in [4.69, 9.17) is 0 Å². The summed E-state index contributed by atoms with van der Waals surface area (Å²) >= 11 is 0. The smallest absolute Gasteiger partial charge is 0.252 e. The van der Waals surface area contributed by atoms with Crippen molar-refractivity contribution in [1.82, 2.24) is 9.13 Å². The van der Waals surface area contributed by atoms with Gasteiger partial charge in [0.25, 0.3) is 6.71 Å². The maximum atomic E-state index is 2.84. The van der Waals surface area contributed by atoms with E-state index in [1.165, 1.54) is 149 Å². The van der Waals surface area contributed by atoms with Crippen molar-refractivity contribution in [3.63, 3.8) is 0 Å². The molecule has 0 atom stereocenters. The maximum absolute atomic E-state index is 2.84. The molecule has 15 rings (SSSR count). The van der Waals surface area contributed by atoms with E-state index < -0.39 is 5.41 Å². The fourth-order valence-corrected chi connectivity index (χ4v) is 14.9. The summed E-state index contributed by atoms with van der Waals surface area (Å²) in [6, 6.07) is 61.3. The first-order chi connectivity index (χ1) is 36.5. The Hall–Kier alpha value is -7.10. The molecule has 76 heavy (non-hydrogen) atoms. The van der Waals surface area contributed by atoms with Gasteiger partial charge in [-0.15, -0.1) is 0 Å². The van der Waals surface area contributed by atoms with Gasteiger partial charge in [-0.3, -0.25) is 0 Å². The van der Waals surface area contributed by atoms with Crippen LogP contribution in [0.4, 0.5) is 0 Å². The Morgan fingerprint density at radius 1 is 0.368 bits per heavy atom. The topological polar surface area (TPSA) is 9.86 Å². The zero-order chi connectivity index (χ0) is 52.3. The highest BCUT2D eigenvalue weighted by molar-refractivity contribution is 7.00. The van der Waals surface area contributed by atoms with Gasteiger partial charge in [0.05, 0.1) is 22.1 Å². The van der Waals surface area contributed by atoms with E-state index in [1.54, 1.807) is 0 Å². The summed E-state index contributed by atoms with van der Waals surface area (Å²) in [6.45, 7) is 29.1. The highest BCUT2D eigenvalue weighted by atomic mass is 15.1. The summed E-state index contributed by atoms with van der Waals surface area (Å²) in [6.07, 6.45) is 4.20. The van der Waals surface area contributed by atoms with Crippen molar-refractivity contribution < 1.29 is 0 Å². The van der Waals surface area contributed by atoms with E-state index >= 15 is 0 Å². The minimum absolute atomic E-state index is 0.0251. The third-order valence-electron chi connectivity index (χ3n) is 21.0. The molecule has 11 aromatic rings. The van der Waals surface area contributed by atoms with Crippen molar-refractivity contribution in [1.29, 1.82) is 0 Å². The summed E-state index contributed by atoms with van der Waals surface area (Å²) in [5.41, 5.74) is 28.2. The summed E-state index contributed by atoms with van der Waals surface area (Å²) in [7, 11) is 0. The van der Waals surface area contributed by atoms with Crippen molar-refractivity contribution in [2.45, 2.75) is 136 Å². The van der Waals surface area contributed by atoms with Gasteiger partial charge in [-0.05, 0) is 172 Å². The van der Waals surface area contributed by atoms with Crippen LogP contribution in [-0.4, -0.2) is 15.8 Å². The number of rotatable bonds is 9. The van der Waals surface area contributed by atoms with Crippen molar-refractivity contribution >= 4 is 77.5 Å². The molecule has 3 heteroatoms. The van der Waals surface area contributed by atoms with Crippen molar-refractivity contribution in [3.05, 3.63) is 196 Å². The number of benzene rings is 9. The first kappa shape index (κ1) is 46.2. The Bertz CT molecular complexity index is 4360. The molecule has 0 bridgehead atoms. The Labute approximate surface area is 449 Å². The molecule has 9 aromatic carbocycles. The van der Waals surface area contributed by atoms with Crippen molar-refractivity contribution in [3.8, 4) is 33.6 Å². The summed E-state index contributed by atoms with van der Waals surface area (Å²) < 4.78 is 5.62. The second kappa shape index (κ2) is 15.1. The quantitative estimate of drug-likeness (QED) is 0.128. The minimum atomic E-state index is -0.617. The summed E-state index contributed by atoms with van der Waals surface area (Å²) in [5.74, 6) is 0. The Kier molecular flexibility index (Phi) is 9.18. The molecule has 0 saturated heterocycles.